The third-order valence-electron chi connectivity index (χ3n) is 2.40. The third-order valence-corrected chi connectivity index (χ3v) is 2.40. The van der Waals surface area contributed by atoms with Crippen LogP contribution in [0.15, 0.2) is 18.3 Å². The minimum atomic E-state index is 0.806. The van der Waals surface area contributed by atoms with Crippen LogP contribution in [0.3, 0.4) is 0 Å². The van der Waals surface area contributed by atoms with E-state index >= 15 is 0 Å². The van der Waals surface area contributed by atoms with Crippen molar-refractivity contribution < 1.29 is 0 Å². The minimum absolute atomic E-state index is 0.806. The van der Waals surface area contributed by atoms with Gasteiger partial charge in [-0.05, 0) is 26.0 Å². The maximum atomic E-state index is 4.53. The zero-order valence-corrected chi connectivity index (χ0v) is 9.13. The molecule has 0 amide bonds. The molecular weight excluding hydrogens is 188 g/mol. The maximum Gasteiger partial charge on any atom is 0.154 e. The number of hydrogen-bond donors (Lipinski definition) is 2. The number of nitrogens with one attached hydrogen (secondary N) is 2. The zero-order chi connectivity index (χ0) is 10.8. The van der Waals surface area contributed by atoms with E-state index in [2.05, 4.69) is 20.3 Å². The standard InChI is InChI=1S/C11H14N4/c1-7-8(2)15-11(12-3)10(14-7)9-5-4-6-13-9/h4-6,13H,1-3H3,(H,12,15). The Morgan fingerprint density at radius 1 is 1.20 bits per heavy atom. The number of H-pyrrole nitrogens is 1. The molecule has 2 N–H and O–H groups in total. The topological polar surface area (TPSA) is 53.6 Å². The van der Waals surface area contributed by atoms with Crippen LogP contribution in [0.1, 0.15) is 11.4 Å². The highest BCUT2D eigenvalue weighted by molar-refractivity contribution is 5.68. The number of aromatic nitrogens is 3. The molecule has 0 unspecified atom stereocenters. The van der Waals surface area contributed by atoms with Crippen molar-refractivity contribution in [1.29, 1.82) is 0 Å². The van der Waals surface area contributed by atoms with Gasteiger partial charge in [-0.2, -0.15) is 0 Å². The molecule has 78 valence electrons. The number of nitrogens with zero attached hydrogens (tertiary/aromatic N) is 2. The lowest BCUT2D eigenvalue weighted by molar-refractivity contribution is 1.05. The average Bonchev–Trinajstić information content (AvgIpc) is 2.74. The van der Waals surface area contributed by atoms with Crippen molar-refractivity contribution in [3.05, 3.63) is 29.7 Å². The molecule has 15 heavy (non-hydrogen) atoms. The average molecular weight is 202 g/mol. The lowest BCUT2D eigenvalue weighted by Crippen LogP contribution is -2.02. The molecular formula is C11H14N4. The van der Waals surface area contributed by atoms with Gasteiger partial charge in [-0.3, -0.25) is 0 Å². The van der Waals surface area contributed by atoms with E-state index in [9.17, 15) is 0 Å². The molecule has 0 spiro atoms. The second kappa shape index (κ2) is 3.73. The van der Waals surface area contributed by atoms with Gasteiger partial charge in [0.15, 0.2) is 5.82 Å². The molecule has 4 nitrogen and oxygen atoms in total. The summed E-state index contributed by atoms with van der Waals surface area (Å²) in [4.78, 5) is 12.1. The van der Waals surface area contributed by atoms with Crippen molar-refractivity contribution in [1.82, 2.24) is 15.0 Å². The van der Waals surface area contributed by atoms with Gasteiger partial charge in [0.1, 0.15) is 5.69 Å². The Hall–Kier alpha value is -1.84. The van der Waals surface area contributed by atoms with Crippen LogP contribution in [0.2, 0.25) is 0 Å². The zero-order valence-electron chi connectivity index (χ0n) is 9.13. The molecule has 0 saturated heterocycles. The number of hydrogen-bond acceptors (Lipinski definition) is 3. The largest absolute Gasteiger partial charge is 0.371 e. The van der Waals surface area contributed by atoms with Gasteiger partial charge in [-0.15, -0.1) is 0 Å². The first-order chi connectivity index (χ1) is 7.22. The summed E-state index contributed by atoms with van der Waals surface area (Å²) >= 11 is 0. The van der Waals surface area contributed by atoms with Crippen molar-refractivity contribution in [3.63, 3.8) is 0 Å². The minimum Gasteiger partial charge on any atom is -0.371 e. The van der Waals surface area contributed by atoms with Crippen molar-refractivity contribution in [2.24, 2.45) is 0 Å². The van der Waals surface area contributed by atoms with E-state index in [1.165, 1.54) is 0 Å². The Morgan fingerprint density at radius 3 is 2.53 bits per heavy atom. The van der Waals surface area contributed by atoms with Gasteiger partial charge in [-0.25, -0.2) is 9.97 Å². The molecule has 0 radical (unpaired) electrons. The van der Waals surface area contributed by atoms with E-state index in [-0.39, 0.29) is 0 Å². The highest BCUT2D eigenvalue weighted by Gasteiger charge is 2.10. The van der Waals surface area contributed by atoms with E-state index in [0.29, 0.717) is 0 Å². The molecule has 2 aromatic heterocycles. The van der Waals surface area contributed by atoms with Crippen molar-refractivity contribution >= 4 is 5.82 Å². The SMILES string of the molecule is CNc1nc(C)c(C)nc1-c1ccc[nH]1. The van der Waals surface area contributed by atoms with Gasteiger partial charge in [0.2, 0.25) is 0 Å². The summed E-state index contributed by atoms with van der Waals surface area (Å²) in [5, 5.41) is 3.06. The fraction of sp³-hybridized carbons (Fsp3) is 0.273. The Kier molecular flexibility index (Phi) is 2.41. The predicted octanol–water partition coefficient (Wildman–Crippen LogP) is 2.13. The van der Waals surface area contributed by atoms with Gasteiger partial charge in [0, 0.05) is 13.2 Å². The highest BCUT2D eigenvalue weighted by Crippen LogP contribution is 2.23. The fourth-order valence-corrected chi connectivity index (χ4v) is 1.44. The highest BCUT2D eigenvalue weighted by atomic mass is 15.0. The van der Waals surface area contributed by atoms with E-state index in [1.807, 2.05) is 39.2 Å². The van der Waals surface area contributed by atoms with Crippen molar-refractivity contribution in [2.75, 3.05) is 12.4 Å². The Balaban J connectivity index is 2.60. The van der Waals surface area contributed by atoms with Crippen LogP contribution in [-0.2, 0) is 0 Å². The van der Waals surface area contributed by atoms with Gasteiger partial charge < -0.3 is 10.3 Å². The number of rotatable bonds is 2. The van der Waals surface area contributed by atoms with E-state index in [4.69, 9.17) is 0 Å². The van der Waals surface area contributed by atoms with Crippen LogP contribution in [-0.4, -0.2) is 22.0 Å². The van der Waals surface area contributed by atoms with Gasteiger partial charge in [-0.1, -0.05) is 0 Å². The first kappa shape index (κ1) is 9.71. The van der Waals surface area contributed by atoms with Gasteiger partial charge in [0.05, 0.1) is 17.1 Å². The molecule has 2 rings (SSSR count). The van der Waals surface area contributed by atoms with Crippen LogP contribution >= 0.6 is 0 Å². The smallest absolute Gasteiger partial charge is 0.154 e. The van der Waals surface area contributed by atoms with Crippen LogP contribution in [0.5, 0.6) is 0 Å². The Morgan fingerprint density at radius 2 is 1.93 bits per heavy atom. The predicted molar refractivity (Wildman–Crippen MR) is 60.8 cm³/mol. The maximum absolute atomic E-state index is 4.53. The van der Waals surface area contributed by atoms with Crippen LogP contribution in [0.25, 0.3) is 11.4 Å². The molecule has 0 saturated carbocycles. The first-order valence-corrected chi connectivity index (χ1v) is 4.89. The molecule has 0 fully saturated rings. The number of anilines is 1. The lowest BCUT2D eigenvalue weighted by atomic mass is 10.2. The summed E-state index contributed by atoms with van der Waals surface area (Å²) in [7, 11) is 1.85. The van der Waals surface area contributed by atoms with Gasteiger partial charge >= 0.3 is 0 Å². The summed E-state index contributed by atoms with van der Waals surface area (Å²) in [5.74, 6) is 0.806. The molecule has 0 aliphatic carbocycles. The molecule has 0 bridgehead atoms. The Bertz CT molecular complexity index is 460. The lowest BCUT2D eigenvalue weighted by Gasteiger charge is -2.08. The fourth-order valence-electron chi connectivity index (χ4n) is 1.44. The summed E-state index contributed by atoms with van der Waals surface area (Å²) in [6.45, 7) is 3.93. The number of aromatic amines is 1. The summed E-state index contributed by atoms with van der Waals surface area (Å²) < 4.78 is 0. The second-order valence-electron chi connectivity index (χ2n) is 3.43. The second-order valence-corrected chi connectivity index (χ2v) is 3.43. The van der Waals surface area contributed by atoms with Crippen LogP contribution < -0.4 is 5.32 Å². The van der Waals surface area contributed by atoms with Crippen molar-refractivity contribution in [2.45, 2.75) is 13.8 Å². The molecule has 2 heterocycles. The monoisotopic (exact) mass is 202 g/mol. The first-order valence-electron chi connectivity index (χ1n) is 4.89. The van der Waals surface area contributed by atoms with Crippen LogP contribution in [0, 0.1) is 13.8 Å². The summed E-state index contributed by atoms with van der Waals surface area (Å²) in [6, 6.07) is 3.94. The van der Waals surface area contributed by atoms with Crippen LogP contribution in [0.4, 0.5) is 5.82 Å². The molecule has 2 aromatic rings. The quantitative estimate of drug-likeness (QED) is 0.784. The summed E-state index contributed by atoms with van der Waals surface area (Å²) in [6.07, 6.45) is 1.88. The molecule has 0 aliphatic rings. The van der Waals surface area contributed by atoms with Gasteiger partial charge in [0.25, 0.3) is 0 Å². The summed E-state index contributed by atoms with van der Waals surface area (Å²) in [5.41, 5.74) is 3.76. The van der Waals surface area contributed by atoms with Crippen molar-refractivity contribution in [3.8, 4) is 11.4 Å². The Labute approximate surface area is 88.8 Å². The molecule has 0 aromatic carbocycles. The molecule has 0 atom stereocenters. The molecule has 4 heteroatoms. The molecule has 0 aliphatic heterocycles. The number of aryl methyl sites for hydroxylation is 2. The normalized spacial score (nSPS) is 10.3. The third kappa shape index (κ3) is 1.70. The van der Waals surface area contributed by atoms with E-state index in [0.717, 1.165) is 28.6 Å². The van der Waals surface area contributed by atoms with E-state index in [1.54, 1.807) is 0 Å². The van der Waals surface area contributed by atoms with E-state index < -0.39 is 0 Å².